The highest BCUT2D eigenvalue weighted by molar-refractivity contribution is 5.78. The number of nitrogens with one attached hydrogen (secondary N) is 1. The van der Waals surface area contributed by atoms with E-state index in [0.29, 0.717) is 13.0 Å². The smallest absolute Gasteiger partial charge is 0.318 e. The molecular formula is C23H29N3O3. The summed E-state index contributed by atoms with van der Waals surface area (Å²) < 4.78 is 11.9. The van der Waals surface area contributed by atoms with Gasteiger partial charge in [-0.1, -0.05) is 18.2 Å². The second kappa shape index (κ2) is 7.85. The fourth-order valence-electron chi connectivity index (χ4n) is 4.45. The van der Waals surface area contributed by atoms with Crippen molar-refractivity contribution in [3.05, 3.63) is 53.6 Å². The maximum atomic E-state index is 12.4. The zero-order chi connectivity index (χ0) is 20.4. The van der Waals surface area contributed by atoms with Crippen LogP contribution in [0.25, 0.3) is 0 Å². The number of carbonyl (C=O) groups excluding carboxylic acids is 1. The summed E-state index contributed by atoms with van der Waals surface area (Å²) in [7, 11) is 3.51. The summed E-state index contributed by atoms with van der Waals surface area (Å²) >= 11 is 0. The molecule has 2 aromatic carbocycles. The van der Waals surface area contributed by atoms with Gasteiger partial charge in [0.2, 0.25) is 0 Å². The van der Waals surface area contributed by atoms with Crippen molar-refractivity contribution >= 4 is 11.7 Å². The van der Waals surface area contributed by atoms with Crippen molar-refractivity contribution in [2.24, 2.45) is 0 Å². The van der Waals surface area contributed by atoms with E-state index in [1.807, 2.05) is 49.5 Å². The van der Waals surface area contributed by atoms with Gasteiger partial charge in [0.15, 0.2) is 11.5 Å². The van der Waals surface area contributed by atoms with E-state index in [1.165, 1.54) is 12.8 Å². The number of hydrogen-bond acceptors (Lipinski definition) is 4. The molecule has 1 unspecified atom stereocenters. The van der Waals surface area contributed by atoms with E-state index >= 15 is 0 Å². The van der Waals surface area contributed by atoms with E-state index in [9.17, 15) is 4.79 Å². The lowest BCUT2D eigenvalue weighted by Crippen LogP contribution is -2.44. The molecule has 0 spiro atoms. The van der Waals surface area contributed by atoms with Crippen LogP contribution in [0.3, 0.4) is 0 Å². The van der Waals surface area contributed by atoms with Gasteiger partial charge in [-0.15, -0.1) is 0 Å². The molecule has 2 amide bonds. The van der Waals surface area contributed by atoms with E-state index in [4.69, 9.17) is 15.2 Å². The van der Waals surface area contributed by atoms with E-state index < -0.39 is 5.54 Å². The second-order valence-electron chi connectivity index (χ2n) is 8.06. The first-order chi connectivity index (χ1) is 14.0. The lowest BCUT2D eigenvalue weighted by Gasteiger charge is -2.36. The molecule has 1 saturated heterocycles. The average molecular weight is 396 g/mol. The second-order valence-corrected chi connectivity index (χ2v) is 8.06. The van der Waals surface area contributed by atoms with Gasteiger partial charge in [-0.25, -0.2) is 4.79 Å². The van der Waals surface area contributed by atoms with Crippen LogP contribution in [-0.4, -0.2) is 37.7 Å². The number of rotatable bonds is 6. The zero-order valence-electron chi connectivity index (χ0n) is 17.1. The van der Waals surface area contributed by atoms with Crippen molar-refractivity contribution < 1.29 is 14.3 Å². The van der Waals surface area contributed by atoms with Crippen molar-refractivity contribution in [1.82, 2.24) is 10.2 Å². The topological polar surface area (TPSA) is 76.8 Å². The number of urea groups is 1. The molecule has 6 heteroatoms. The van der Waals surface area contributed by atoms with Gasteiger partial charge in [-0.2, -0.15) is 0 Å². The Morgan fingerprint density at radius 2 is 1.86 bits per heavy atom. The van der Waals surface area contributed by atoms with Crippen LogP contribution in [0, 0.1) is 0 Å². The van der Waals surface area contributed by atoms with Crippen LogP contribution in [0.15, 0.2) is 42.5 Å². The third-order valence-corrected chi connectivity index (χ3v) is 6.25. The molecule has 6 nitrogen and oxygen atoms in total. The summed E-state index contributed by atoms with van der Waals surface area (Å²) in [6.45, 7) is 0.530. The van der Waals surface area contributed by atoms with Crippen LogP contribution in [-0.2, 0) is 12.0 Å². The molecule has 1 heterocycles. The van der Waals surface area contributed by atoms with Gasteiger partial charge in [-0.05, 0) is 61.1 Å². The maximum Gasteiger partial charge on any atom is 0.318 e. The molecular weight excluding hydrogens is 366 g/mol. The summed E-state index contributed by atoms with van der Waals surface area (Å²) in [6.07, 6.45) is 5.46. The van der Waals surface area contributed by atoms with Gasteiger partial charge in [0.25, 0.3) is 0 Å². The molecule has 1 aliphatic carbocycles. The summed E-state index contributed by atoms with van der Waals surface area (Å²) in [5, 5.41) is 3.00. The monoisotopic (exact) mass is 395 g/mol. The molecule has 1 atom stereocenters. The Kier molecular flexibility index (Phi) is 5.26. The number of nitrogen functional groups attached to an aromatic ring is 1. The van der Waals surface area contributed by atoms with Gasteiger partial charge in [0.1, 0.15) is 0 Å². The molecule has 154 valence electrons. The zero-order valence-corrected chi connectivity index (χ0v) is 17.1. The molecule has 29 heavy (non-hydrogen) atoms. The summed E-state index contributed by atoms with van der Waals surface area (Å²) in [6, 6.07) is 13.8. The largest absolute Gasteiger partial charge is 0.493 e. The Morgan fingerprint density at radius 1 is 1.14 bits per heavy atom. The molecule has 2 aromatic rings. The molecule has 4 rings (SSSR count). The van der Waals surface area contributed by atoms with E-state index in [0.717, 1.165) is 41.2 Å². The van der Waals surface area contributed by atoms with Gasteiger partial charge in [-0.3, -0.25) is 0 Å². The normalized spacial score (nSPS) is 22.0. The number of nitrogens with zero attached hydrogens (tertiary/aromatic N) is 1. The van der Waals surface area contributed by atoms with Crippen molar-refractivity contribution in [2.45, 2.75) is 43.7 Å². The Bertz CT molecular complexity index is 877. The lowest BCUT2D eigenvalue weighted by atomic mass is 9.83. The minimum Gasteiger partial charge on any atom is -0.493 e. The Morgan fingerprint density at radius 3 is 2.48 bits per heavy atom. The van der Waals surface area contributed by atoms with Gasteiger partial charge < -0.3 is 25.4 Å². The van der Waals surface area contributed by atoms with Crippen LogP contribution in [0.2, 0.25) is 0 Å². The molecule has 2 aliphatic rings. The summed E-state index contributed by atoms with van der Waals surface area (Å²) in [5.41, 5.74) is 8.23. The number of benzene rings is 2. The average Bonchev–Trinajstić information content (AvgIpc) is 3.34. The van der Waals surface area contributed by atoms with Crippen molar-refractivity contribution in [3.8, 4) is 11.5 Å². The molecule has 0 bridgehead atoms. The number of nitrogens with two attached hydrogens (primary N) is 1. The number of amides is 2. The third kappa shape index (κ3) is 3.71. The highest BCUT2D eigenvalue weighted by Gasteiger charge is 2.45. The SMILES string of the molecule is COc1ccc(C2(Cc3ccc(N)cc3)CNC(=O)N2C)cc1OC1CCCC1. The van der Waals surface area contributed by atoms with Crippen LogP contribution >= 0.6 is 0 Å². The summed E-state index contributed by atoms with van der Waals surface area (Å²) in [5.74, 6) is 1.48. The van der Waals surface area contributed by atoms with E-state index in [1.54, 1.807) is 12.0 Å². The number of hydrogen-bond donors (Lipinski definition) is 2. The molecule has 1 aliphatic heterocycles. The molecule has 0 radical (unpaired) electrons. The van der Waals surface area contributed by atoms with E-state index in [-0.39, 0.29) is 12.1 Å². The van der Waals surface area contributed by atoms with Crippen molar-refractivity contribution in [1.29, 1.82) is 0 Å². The quantitative estimate of drug-likeness (QED) is 0.732. The third-order valence-electron chi connectivity index (χ3n) is 6.25. The van der Waals surface area contributed by atoms with E-state index in [2.05, 4.69) is 5.32 Å². The lowest BCUT2D eigenvalue weighted by molar-refractivity contribution is 0.175. The number of carbonyl (C=O) groups is 1. The number of ether oxygens (including phenoxy) is 2. The fourth-order valence-corrected chi connectivity index (χ4v) is 4.45. The predicted molar refractivity (Wildman–Crippen MR) is 113 cm³/mol. The Hall–Kier alpha value is -2.89. The predicted octanol–water partition coefficient (Wildman–Crippen LogP) is 3.69. The van der Waals surface area contributed by atoms with Crippen molar-refractivity contribution in [3.63, 3.8) is 0 Å². The highest BCUT2D eigenvalue weighted by Crippen LogP contribution is 2.40. The number of likely N-dealkylation sites (N-methyl/N-ethyl adjacent to an activating group) is 1. The van der Waals surface area contributed by atoms with Crippen molar-refractivity contribution in [2.75, 3.05) is 26.4 Å². The standard InChI is InChI=1S/C23H29N3O3/c1-26-22(27)25-15-23(26,14-16-7-10-18(24)11-8-16)17-9-12-20(28-2)21(13-17)29-19-5-3-4-6-19/h7-13,19H,3-6,14-15,24H2,1-2H3,(H,25,27). The van der Waals surface area contributed by atoms with Gasteiger partial charge >= 0.3 is 6.03 Å². The molecule has 1 saturated carbocycles. The first-order valence-electron chi connectivity index (χ1n) is 10.2. The Balaban J connectivity index is 1.72. The van der Waals surface area contributed by atoms with Crippen LogP contribution < -0.4 is 20.5 Å². The molecule has 0 aromatic heterocycles. The summed E-state index contributed by atoms with van der Waals surface area (Å²) in [4.78, 5) is 14.2. The maximum absolute atomic E-state index is 12.4. The highest BCUT2D eigenvalue weighted by atomic mass is 16.5. The van der Waals surface area contributed by atoms with Gasteiger partial charge in [0, 0.05) is 25.7 Å². The first kappa shape index (κ1) is 19.4. The van der Waals surface area contributed by atoms with Gasteiger partial charge in [0.05, 0.1) is 18.8 Å². The fraction of sp³-hybridized carbons (Fsp3) is 0.435. The van der Waals surface area contributed by atoms with Crippen LogP contribution in [0.1, 0.15) is 36.8 Å². The minimum atomic E-state index is -0.507. The van der Waals surface area contributed by atoms with Crippen LogP contribution in [0.5, 0.6) is 11.5 Å². The Labute approximate surface area is 172 Å². The first-order valence-corrected chi connectivity index (χ1v) is 10.2. The number of anilines is 1. The number of methoxy groups -OCH3 is 1. The molecule has 3 N–H and O–H groups in total. The molecule has 2 fully saturated rings. The minimum absolute atomic E-state index is 0.0745. The van der Waals surface area contributed by atoms with Crippen LogP contribution in [0.4, 0.5) is 10.5 Å².